The predicted molar refractivity (Wildman–Crippen MR) is 82.5 cm³/mol. The van der Waals surface area contributed by atoms with Crippen molar-refractivity contribution < 1.29 is 0 Å². The predicted octanol–water partition coefficient (Wildman–Crippen LogP) is 3.89. The Morgan fingerprint density at radius 1 is 1.24 bits per heavy atom. The fraction of sp³-hybridized carbons (Fsp3) is 0.278. The summed E-state index contributed by atoms with van der Waals surface area (Å²) in [7, 11) is 0. The van der Waals surface area contributed by atoms with E-state index in [0.717, 1.165) is 16.7 Å². The van der Waals surface area contributed by atoms with Crippen LogP contribution < -0.4 is 0 Å². The van der Waals surface area contributed by atoms with E-state index >= 15 is 0 Å². The van der Waals surface area contributed by atoms with E-state index in [0.29, 0.717) is 12.3 Å². The lowest BCUT2D eigenvalue weighted by Crippen LogP contribution is -2.00. The van der Waals surface area contributed by atoms with Gasteiger partial charge in [0.2, 0.25) is 0 Å². The number of hydrogen-bond acceptors (Lipinski definition) is 3. The molecule has 3 heteroatoms. The highest BCUT2D eigenvalue weighted by atomic mass is 16.3. The highest BCUT2D eigenvalue weighted by Gasteiger charge is 2.17. The first-order valence-corrected chi connectivity index (χ1v) is 7.18. The quantitative estimate of drug-likeness (QED) is 0.628. The highest BCUT2D eigenvalue weighted by molar-refractivity contribution is 5.38. The van der Waals surface area contributed by atoms with Crippen molar-refractivity contribution >= 4 is 0 Å². The van der Waals surface area contributed by atoms with Gasteiger partial charge in [-0.2, -0.15) is 4.91 Å². The Bertz CT molecular complexity index is 664. The van der Waals surface area contributed by atoms with Crippen molar-refractivity contribution in [1.29, 1.82) is 0 Å². The fourth-order valence-electron chi connectivity index (χ4n) is 2.16. The molecule has 1 saturated carbocycles. The second kappa shape index (κ2) is 6.32. The zero-order chi connectivity index (χ0) is 14.5. The first-order valence-electron chi connectivity index (χ1n) is 7.18. The Labute approximate surface area is 124 Å². The van der Waals surface area contributed by atoms with Crippen LogP contribution in [0, 0.1) is 22.7 Å². The van der Waals surface area contributed by atoms with Gasteiger partial charge in [-0.25, -0.2) is 0 Å². The molecule has 0 radical (unpaired) electrons. The molecule has 1 heterocycles. The molecule has 21 heavy (non-hydrogen) atoms. The highest BCUT2D eigenvalue weighted by Crippen LogP contribution is 2.27. The van der Waals surface area contributed by atoms with Crippen molar-refractivity contribution in [3.8, 4) is 11.8 Å². The van der Waals surface area contributed by atoms with Crippen LogP contribution in [0.5, 0.6) is 0 Å². The van der Waals surface area contributed by atoms with Crippen LogP contribution in [0.3, 0.4) is 0 Å². The van der Waals surface area contributed by atoms with Crippen LogP contribution in [0.4, 0.5) is 0 Å². The van der Waals surface area contributed by atoms with Gasteiger partial charge >= 0.3 is 0 Å². The molecule has 3 rings (SSSR count). The lowest BCUT2D eigenvalue weighted by atomic mass is 9.99. The monoisotopic (exact) mass is 276 g/mol. The van der Waals surface area contributed by atoms with E-state index in [-0.39, 0.29) is 6.04 Å². The normalized spacial score (nSPS) is 14.9. The van der Waals surface area contributed by atoms with Gasteiger partial charge < -0.3 is 0 Å². The summed E-state index contributed by atoms with van der Waals surface area (Å²) in [4.78, 5) is 15.2. The molecule has 0 N–H and O–H groups in total. The van der Waals surface area contributed by atoms with Gasteiger partial charge in [-0.05, 0) is 42.2 Å². The molecule has 3 nitrogen and oxygen atoms in total. The summed E-state index contributed by atoms with van der Waals surface area (Å²) < 4.78 is 0. The van der Waals surface area contributed by atoms with Crippen LogP contribution in [0.1, 0.15) is 35.6 Å². The smallest absolute Gasteiger partial charge is 0.121 e. The van der Waals surface area contributed by atoms with E-state index in [2.05, 4.69) is 22.0 Å². The van der Waals surface area contributed by atoms with E-state index in [1.807, 2.05) is 36.4 Å². The van der Waals surface area contributed by atoms with E-state index in [1.54, 1.807) is 12.4 Å². The summed E-state index contributed by atoms with van der Waals surface area (Å²) >= 11 is 0. The second-order valence-corrected chi connectivity index (χ2v) is 5.35. The molecule has 1 aliphatic rings. The summed E-state index contributed by atoms with van der Waals surface area (Å²) in [5, 5.41) is 3.25. The summed E-state index contributed by atoms with van der Waals surface area (Å²) in [5.41, 5.74) is 2.93. The number of benzene rings is 1. The van der Waals surface area contributed by atoms with Crippen molar-refractivity contribution in [2.45, 2.75) is 25.3 Å². The molecule has 0 spiro atoms. The lowest BCUT2D eigenvalue weighted by Gasteiger charge is -2.09. The van der Waals surface area contributed by atoms with Crippen LogP contribution in [-0.2, 0) is 6.42 Å². The third kappa shape index (κ3) is 3.76. The second-order valence-electron chi connectivity index (χ2n) is 5.35. The van der Waals surface area contributed by atoms with E-state index < -0.39 is 0 Å². The van der Waals surface area contributed by atoms with Crippen LogP contribution in [-0.4, -0.2) is 4.98 Å². The average Bonchev–Trinajstić information content (AvgIpc) is 3.37. The minimum Gasteiger partial charge on any atom is -0.264 e. The molecular formula is C18H16N2O. The molecule has 1 atom stereocenters. The maximum Gasteiger partial charge on any atom is 0.121 e. The molecule has 0 aliphatic heterocycles. The number of nitroso groups, excluding NO2 is 1. The SMILES string of the molecule is O=NC(Cc1cccnc1)c1ccc(C#CC2CC2)cc1. The van der Waals surface area contributed by atoms with Gasteiger partial charge in [-0.1, -0.05) is 35.2 Å². The van der Waals surface area contributed by atoms with Gasteiger partial charge in [0, 0.05) is 30.3 Å². The molecule has 0 bridgehead atoms. The van der Waals surface area contributed by atoms with Crippen molar-refractivity contribution in [2.24, 2.45) is 11.1 Å². The fourth-order valence-corrected chi connectivity index (χ4v) is 2.16. The first kappa shape index (κ1) is 13.5. The molecule has 0 amide bonds. The van der Waals surface area contributed by atoms with Crippen molar-refractivity contribution in [2.75, 3.05) is 0 Å². The molecule has 1 aliphatic carbocycles. The summed E-state index contributed by atoms with van der Waals surface area (Å²) in [6, 6.07) is 11.3. The number of aromatic nitrogens is 1. The van der Waals surface area contributed by atoms with Crippen molar-refractivity contribution in [1.82, 2.24) is 4.98 Å². The van der Waals surface area contributed by atoms with Crippen molar-refractivity contribution in [3.05, 3.63) is 70.4 Å². The van der Waals surface area contributed by atoms with Gasteiger partial charge in [0.1, 0.15) is 6.04 Å². The zero-order valence-electron chi connectivity index (χ0n) is 11.7. The molecule has 1 aromatic carbocycles. The van der Waals surface area contributed by atoms with E-state index in [4.69, 9.17) is 0 Å². The maximum atomic E-state index is 11.1. The van der Waals surface area contributed by atoms with Gasteiger partial charge in [0.15, 0.2) is 0 Å². The number of hydrogen-bond donors (Lipinski definition) is 0. The number of rotatable bonds is 4. The van der Waals surface area contributed by atoms with Crippen LogP contribution >= 0.6 is 0 Å². The van der Waals surface area contributed by atoms with E-state index in [1.165, 1.54) is 12.8 Å². The molecular weight excluding hydrogens is 260 g/mol. The van der Waals surface area contributed by atoms with E-state index in [9.17, 15) is 4.91 Å². The third-order valence-electron chi connectivity index (χ3n) is 3.57. The molecule has 1 unspecified atom stereocenters. The van der Waals surface area contributed by atoms with Gasteiger partial charge in [0.25, 0.3) is 0 Å². The molecule has 1 fully saturated rings. The Morgan fingerprint density at radius 2 is 2.05 bits per heavy atom. The Hall–Kier alpha value is -2.47. The minimum atomic E-state index is -0.375. The summed E-state index contributed by atoms with van der Waals surface area (Å²) in [5.74, 6) is 7.00. The van der Waals surface area contributed by atoms with Gasteiger partial charge in [-0.15, -0.1) is 0 Å². The topological polar surface area (TPSA) is 42.3 Å². The molecule has 2 aromatic rings. The number of pyridine rings is 1. The molecule has 0 saturated heterocycles. The van der Waals surface area contributed by atoms with Crippen molar-refractivity contribution in [3.63, 3.8) is 0 Å². The number of nitrogens with zero attached hydrogens (tertiary/aromatic N) is 2. The first-order chi connectivity index (χ1) is 10.3. The molecule has 104 valence electrons. The summed E-state index contributed by atoms with van der Waals surface area (Å²) in [6.07, 6.45) is 6.53. The maximum absolute atomic E-state index is 11.1. The third-order valence-corrected chi connectivity index (χ3v) is 3.57. The molecule has 1 aromatic heterocycles. The standard InChI is InChI=1S/C18H16N2O/c21-20-18(12-16-2-1-11-19-13-16)17-9-7-15(8-10-17)6-5-14-3-4-14/h1-2,7-11,13-14,18H,3-4,12H2. The Balaban J connectivity index is 1.72. The van der Waals surface area contributed by atoms with Crippen LogP contribution in [0.2, 0.25) is 0 Å². The minimum absolute atomic E-state index is 0.375. The summed E-state index contributed by atoms with van der Waals surface area (Å²) in [6.45, 7) is 0. The van der Waals surface area contributed by atoms with Crippen LogP contribution in [0.15, 0.2) is 54.0 Å². The van der Waals surface area contributed by atoms with Gasteiger partial charge in [0.05, 0.1) is 0 Å². The van der Waals surface area contributed by atoms with Gasteiger partial charge in [-0.3, -0.25) is 4.98 Å². The Kier molecular flexibility index (Phi) is 4.07. The zero-order valence-corrected chi connectivity index (χ0v) is 11.7. The largest absolute Gasteiger partial charge is 0.264 e. The van der Waals surface area contributed by atoms with Crippen LogP contribution in [0.25, 0.3) is 0 Å². The average molecular weight is 276 g/mol. The Morgan fingerprint density at radius 3 is 2.67 bits per heavy atom. The lowest BCUT2D eigenvalue weighted by molar-refractivity contribution is 0.716.